The lowest BCUT2D eigenvalue weighted by Crippen LogP contribution is -2.43. The fourth-order valence-electron chi connectivity index (χ4n) is 1.94. The summed E-state index contributed by atoms with van der Waals surface area (Å²) in [6.07, 6.45) is 0.866. The Morgan fingerprint density at radius 1 is 1.38 bits per heavy atom. The highest BCUT2D eigenvalue weighted by Crippen LogP contribution is 2.13. The third-order valence-electron chi connectivity index (χ3n) is 3.44. The molecule has 1 rings (SSSR count). The van der Waals surface area contributed by atoms with Gasteiger partial charge in [0.05, 0.1) is 6.61 Å². The van der Waals surface area contributed by atoms with Gasteiger partial charge in [0.15, 0.2) is 5.78 Å². The molecule has 0 aliphatic heterocycles. The Bertz CT molecular complexity index is 488. The molecule has 0 radical (unpaired) electrons. The largest absolute Gasteiger partial charge is 0.383 e. The molecule has 1 aromatic carbocycles. The number of anilines is 1. The summed E-state index contributed by atoms with van der Waals surface area (Å²) in [6, 6.07) is 6.89. The zero-order chi connectivity index (χ0) is 15.8. The van der Waals surface area contributed by atoms with Crippen LogP contribution in [0.5, 0.6) is 0 Å². The lowest BCUT2D eigenvalue weighted by molar-refractivity contribution is 0.101. The first-order chi connectivity index (χ1) is 9.99. The number of amides is 2. The zero-order valence-electron chi connectivity index (χ0n) is 13.2. The maximum atomic E-state index is 12.4. The van der Waals surface area contributed by atoms with Crippen molar-refractivity contribution in [2.24, 2.45) is 0 Å². The van der Waals surface area contributed by atoms with E-state index in [1.54, 1.807) is 36.3 Å². The van der Waals surface area contributed by atoms with Gasteiger partial charge in [-0.25, -0.2) is 4.79 Å². The van der Waals surface area contributed by atoms with Crippen LogP contribution in [0.4, 0.5) is 10.5 Å². The predicted octanol–water partition coefficient (Wildman–Crippen LogP) is 3.17. The molecule has 0 heterocycles. The number of Topliss-reactive ketones (excluding diaryl/α,β-unsaturated/α-hetero) is 1. The van der Waals surface area contributed by atoms with Crippen LogP contribution in [-0.4, -0.2) is 43.0 Å². The van der Waals surface area contributed by atoms with Crippen molar-refractivity contribution >= 4 is 17.5 Å². The first kappa shape index (κ1) is 17.2. The van der Waals surface area contributed by atoms with Crippen molar-refractivity contribution in [2.45, 2.75) is 33.2 Å². The van der Waals surface area contributed by atoms with Crippen LogP contribution in [0.15, 0.2) is 24.3 Å². The van der Waals surface area contributed by atoms with Gasteiger partial charge in [0.25, 0.3) is 0 Å². The average Bonchev–Trinajstić information content (AvgIpc) is 2.47. The summed E-state index contributed by atoms with van der Waals surface area (Å²) in [5, 5.41) is 2.84. The quantitative estimate of drug-likeness (QED) is 0.785. The van der Waals surface area contributed by atoms with Crippen molar-refractivity contribution in [1.29, 1.82) is 0 Å². The van der Waals surface area contributed by atoms with E-state index in [0.717, 1.165) is 6.42 Å². The maximum absolute atomic E-state index is 12.4. The highest BCUT2D eigenvalue weighted by Gasteiger charge is 2.18. The number of carbonyl (C=O) groups is 2. The molecule has 21 heavy (non-hydrogen) atoms. The number of ketones is 1. The van der Waals surface area contributed by atoms with E-state index in [2.05, 4.69) is 5.32 Å². The number of nitrogens with zero attached hydrogens (tertiary/aromatic N) is 1. The van der Waals surface area contributed by atoms with E-state index in [1.807, 2.05) is 13.8 Å². The van der Waals surface area contributed by atoms with Crippen molar-refractivity contribution in [2.75, 3.05) is 25.6 Å². The Morgan fingerprint density at radius 2 is 2.10 bits per heavy atom. The van der Waals surface area contributed by atoms with Gasteiger partial charge in [-0.15, -0.1) is 0 Å². The second kappa shape index (κ2) is 8.42. The second-order valence-corrected chi connectivity index (χ2v) is 5.01. The zero-order valence-corrected chi connectivity index (χ0v) is 13.2. The molecule has 0 fully saturated rings. The molecule has 1 unspecified atom stereocenters. The van der Waals surface area contributed by atoms with E-state index in [0.29, 0.717) is 24.4 Å². The van der Waals surface area contributed by atoms with Gasteiger partial charge in [-0.05, 0) is 32.4 Å². The van der Waals surface area contributed by atoms with Gasteiger partial charge in [0.1, 0.15) is 0 Å². The van der Waals surface area contributed by atoms with Crippen LogP contribution in [0.3, 0.4) is 0 Å². The van der Waals surface area contributed by atoms with Gasteiger partial charge in [0, 0.05) is 30.9 Å². The van der Waals surface area contributed by atoms with Gasteiger partial charge in [-0.2, -0.15) is 0 Å². The number of carbonyl (C=O) groups excluding carboxylic acids is 2. The summed E-state index contributed by atoms with van der Waals surface area (Å²) >= 11 is 0. The summed E-state index contributed by atoms with van der Waals surface area (Å²) in [5.74, 6) is -0.0238. The molecule has 0 saturated carbocycles. The highest BCUT2D eigenvalue weighted by atomic mass is 16.5. The van der Waals surface area contributed by atoms with Crippen LogP contribution >= 0.6 is 0 Å². The third kappa shape index (κ3) is 5.19. The van der Waals surface area contributed by atoms with Gasteiger partial charge in [0.2, 0.25) is 0 Å². The van der Waals surface area contributed by atoms with Gasteiger partial charge in [-0.3, -0.25) is 4.79 Å². The van der Waals surface area contributed by atoms with Crippen LogP contribution in [0.2, 0.25) is 0 Å². The van der Waals surface area contributed by atoms with E-state index in [9.17, 15) is 9.59 Å². The minimum Gasteiger partial charge on any atom is -0.383 e. The minimum absolute atomic E-state index is 0.0238. The molecule has 1 atom stereocenters. The molecule has 5 nitrogen and oxygen atoms in total. The van der Waals surface area contributed by atoms with Gasteiger partial charge < -0.3 is 15.0 Å². The normalized spacial score (nSPS) is 11.8. The van der Waals surface area contributed by atoms with E-state index < -0.39 is 0 Å². The Kier molecular flexibility index (Phi) is 6.88. The lowest BCUT2D eigenvalue weighted by Gasteiger charge is -2.28. The summed E-state index contributed by atoms with van der Waals surface area (Å²) in [6.45, 7) is 6.56. The van der Waals surface area contributed by atoms with Crippen LogP contribution in [0, 0.1) is 0 Å². The summed E-state index contributed by atoms with van der Waals surface area (Å²) < 4.78 is 5.05. The van der Waals surface area contributed by atoms with Crippen molar-refractivity contribution in [1.82, 2.24) is 4.90 Å². The van der Waals surface area contributed by atoms with Crippen molar-refractivity contribution in [3.05, 3.63) is 29.8 Å². The average molecular weight is 292 g/mol. The van der Waals surface area contributed by atoms with Crippen LogP contribution in [0.1, 0.15) is 37.6 Å². The molecule has 5 heteroatoms. The molecule has 2 amide bonds. The number of nitrogens with one attached hydrogen (secondary N) is 1. The molecule has 0 saturated heterocycles. The summed E-state index contributed by atoms with van der Waals surface area (Å²) in [5.41, 5.74) is 1.21. The fourth-order valence-corrected chi connectivity index (χ4v) is 1.94. The molecule has 0 bridgehead atoms. The van der Waals surface area contributed by atoms with Crippen LogP contribution in [0.25, 0.3) is 0 Å². The number of hydrogen-bond donors (Lipinski definition) is 1. The Morgan fingerprint density at radius 3 is 2.67 bits per heavy atom. The molecule has 0 aromatic heterocycles. The van der Waals surface area contributed by atoms with Crippen molar-refractivity contribution in [3.8, 4) is 0 Å². The van der Waals surface area contributed by atoms with E-state index in [4.69, 9.17) is 4.74 Å². The van der Waals surface area contributed by atoms with Crippen LogP contribution < -0.4 is 5.32 Å². The molecular weight excluding hydrogens is 268 g/mol. The molecule has 1 aromatic rings. The van der Waals surface area contributed by atoms with Gasteiger partial charge >= 0.3 is 6.03 Å². The number of hydrogen-bond acceptors (Lipinski definition) is 3. The second-order valence-electron chi connectivity index (χ2n) is 5.01. The molecular formula is C16H24N2O3. The summed E-state index contributed by atoms with van der Waals surface area (Å²) in [7, 11) is 1.61. The van der Waals surface area contributed by atoms with Gasteiger partial charge in [-0.1, -0.05) is 19.1 Å². The number of benzene rings is 1. The topological polar surface area (TPSA) is 58.6 Å². The Hall–Kier alpha value is -1.88. The number of methoxy groups -OCH3 is 1. The molecule has 0 aliphatic carbocycles. The monoisotopic (exact) mass is 292 g/mol. The third-order valence-corrected chi connectivity index (χ3v) is 3.44. The van der Waals surface area contributed by atoms with Crippen LogP contribution in [-0.2, 0) is 4.74 Å². The Balaban J connectivity index is 2.80. The first-order valence-electron chi connectivity index (χ1n) is 7.17. The standard InChI is InChI=1S/C16H24N2O3/c1-5-12(2)18(9-10-21-4)16(20)17-15-8-6-7-14(11-15)13(3)19/h6-8,11-12H,5,9-10H2,1-4H3,(H,17,20). The van der Waals surface area contributed by atoms with Crippen molar-refractivity contribution in [3.63, 3.8) is 0 Å². The SMILES string of the molecule is CCC(C)N(CCOC)C(=O)Nc1cccc(C(C)=O)c1. The molecule has 1 N–H and O–H groups in total. The van der Waals surface area contributed by atoms with E-state index in [1.165, 1.54) is 6.92 Å². The number of rotatable bonds is 7. The van der Waals surface area contributed by atoms with Crippen molar-refractivity contribution < 1.29 is 14.3 Å². The molecule has 0 aliphatic rings. The minimum atomic E-state index is -0.179. The molecule has 0 spiro atoms. The Labute approximate surface area is 126 Å². The lowest BCUT2D eigenvalue weighted by atomic mass is 10.1. The predicted molar refractivity (Wildman–Crippen MR) is 83.8 cm³/mol. The fraction of sp³-hybridized carbons (Fsp3) is 0.500. The van der Waals surface area contributed by atoms with E-state index in [-0.39, 0.29) is 17.9 Å². The maximum Gasteiger partial charge on any atom is 0.322 e. The number of ether oxygens (including phenoxy) is 1. The molecule has 116 valence electrons. The number of urea groups is 1. The van der Waals surface area contributed by atoms with E-state index >= 15 is 0 Å². The summed E-state index contributed by atoms with van der Waals surface area (Å²) in [4.78, 5) is 25.5. The highest BCUT2D eigenvalue weighted by molar-refractivity contribution is 5.96. The smallest absolute Gasteiger partial charge is 0.322 e. The first-order valence-corrected chi connectivity index (χ1v) is 7.17.